The number of fused-ring (bicyclic) bond motifs is 2. The predicted octanol–water partition coefficient (Wildman–Crippen LogP) is 3.49. The zero-order valence-electron chi connectivity index (χ0n) is 14.5. The van der Waals surface area contributed by atoms with E-state index >= 15 is 0 Å². The van der Waals surface area contributed by atoms with Gasteiger partial charge in [-0.3, -0.25) is 4.79 Å². The minimum Gasteiger partial charge on any atom is -0.493 e. The monoisotopic (exact) mass is 327 g/mol. The van der Waals surface area contributed by atoms with Crippen molar-refractivity contribution in [3.63, 3.8) is 0 Å². The number of rotatable bonds is 4. The van der Waals surface area contributed by atoms with E-state index in [1.807, 2.05) is 18.2 Å². The molecule has 128 valence electrons. The van der Waals surface area contributed by atoms with Gasteiger partial charge >= 0.3 is 0 Å². The van der Waals surface area contributed by atoms with Crippen LogP contribution in [0.25, 0.3) is 0 Å². The third kappa shape index (κ3) is 2.79. The molecule has 2 heterocycles. The molecule has 4 rings (SSSR count). The van der Waals surface area contributed by atoms with Crippen molar-refractivity contribution in [3.8, 4) is 11.5 Å². The van der Waals surface area contributed by atoms with E-state index in [2.05, 4.69) is 4.90 Å². The first kappa shape index (κ1) is 15.6. The van der Waals surface area contributed by atoms with Gasteiger partial charge in [0.1, 0.15) is 0 Å². The van der Waals surface area contributed by atoms with Gasteiger partial charge < -0.3 is 14.4 Å². The van der Waals surface area contributed by atoms with E-state index in [9.17, 15) is 4.79 Å². The summed E-state index contributed by atoms with van der Waals surface area (Å²) in [5.74, 6) is 1.65. The number of piperidine rings is 1. The molecule has 0 aromatic heterocycles. The van der Waals surface area contributed by atoms with E-state index in [4.69, 9.17) is 9.47 Å². The molecule has 4 nitrogen and oxygen atoms in total. The molecule has 1 amide bonds. The summed E-state index contributed by atoms with van der Waals surface area (Å²) < 4.78 is 10.6. The summed E-state index contributed by atoms with van der Waals surface area (Å²) in [6, 6.07) is 6.61. The van der Waals surface area contributed by atoms with Gasteiger partial charge in [0, 0.05) is 12.1 Å². The molecule has 1 aromatic rings. The van der Waals surface area contributed by atoms with Crippen LogP contribution in [0.3, 0.4) is 0 Å². The first-order valence-corrected chi connectivity index (χ1v) is 8.91. The molecule has 1 aromatic carbocycles. The molecule has 0 N–H and O–H groups in total. The maximum Gasteiger partial charge on any atom is 0.227 e. The number of amides is 1. The Morgan fingerprint density at radius 2 is 1.71 bits per heavy atom. The molecule has 4 heteroatoms. The number of carbonyl (C=O) groups is 1. The van der Waals surface area contributed by atoms with E-state index in [1.165, 1.54) is 25.7 Å². The molecular formula is C20H25NO3. The summed E-state index contributed by atoms with van der Waals surface area (Å²) >= 11 is 0. The maximum atomic E-state index is 12.9. The first-order valence-electron chi connectivity index (χ1n) is 8.91. The molecule has 2 atom stereocenters. The highest BCUT2D eigenvalue weighted by atomic mass is 16.5. The number of methoxy groups -OCH3 is 2. The fourth-order valence-electron chi connectivity index (χ4n) is 4.38. The van der Waals surface area contributed by atoms with Crippen LogP contribution in [-0.4, -0.2) is 37.1 Å². The molecular weight excluding hydrogens is 302 g/mol. The normalized spacial score (nSPS) is 25.0. The van der Waals surface area contributed by atoms with Crippen LogP contribution >= 0.6 is 0 Å². The lowest BCUT2D eigenvalue weighted by Gasteiger charge is -2.36. The third-order valence-electron chi connectivity index (χ3n) is 5.68. The number of hydrogen-bond acceptors (Lipinski definition) is 3. The third-order valence-corrected chi connectivity index (χ3v) is 5.68. The van der Waals surface area contributed by atoms with Gasteiger partial charge in [0.25, 0.3) is 0 Å². The van der Waals surface area contributed by atoms with Gasteiger partial charge in [-0.1, -0.05) is 17.2 Å². The van der Waals surface area contributed by atoms with Crippen LogP contribution in [0.15, 0.2) is 29.3 Å². The van der Waals surface area contributed by atoms with E-state index < -0.39 is 0 Å². The molecule has 24 heavy (non-hydrogen) atoms. The van der Waals surface area contributed by atoms with Gasteiger partial charge in [0.2, 0.25) is 5.91 Å². The van der Waals surface area contributed by atoms with Crippen molar-refractivity contribution in [2.45, 2.75) is 57.0 Å². The Labute approximate surface area is 143 Å². The molecule has 3 fully saturated rings. The summed E-state index contributed by atoms with van der Waals surface area (Å²) in [6.07, 6.45) is 7.60. The highest BCUT2D eigenvalue weighted by molar-refractivity contribution is 5.80. The van der Waals surface area contributed by atoms with E-state index in [-0.39, 0.29) is 5.91 Å². The molecule has 0 spiro atoms. The van der Waals surface area contributed by atoms with Crippen LogP contribution in [0.4, 0.5) is 0 Å². The molecule has 2 bridgehead atoms. The lowest BCUT2D eigenvalue weighted by molar-refractivity contribution is -0.134. The quantitative estimate of drug-likeness (QED) is 0.795. The second-order valence-electron chi connectivity index (χ2n) is 7.17. The molecule has 2 saturated heterocycles. The number of carbonyl (C=O) groups excluding carboxylic acids is 1. The number of allylic oxidation sites excluding steroid dienone is 1. The standard InChI is InChI=1S/C20H25NO3/c1-23-18-8-3-13(9-19(18)24-2)10-20(22)21-16-6-7-17(21)12-15(11-16)14-4-5-14/h3,8-9,16-17H,4-7,10-12H2,1-2H3. The Morgan fingerprint density at radius 3 is 2.29 bits per heavy atom. The van der Waals surface area contributed by atoms with Crippen LogP contribution in [0.1, 0.15) is 44.1 Å². The minimum atomic E-state index is 0.259. The van der Waals surface area contributed by atoms with Gasteiger partial charge in [-0.05, 0) is 56.2 Å². The highest BCUT2D eigenvalue weighted by Crippen LogP contribution is 2.44. The van der Waals surface area contributed by atoms with E-state index in [0.717, 1.165) is 18.4 Å². The van der Waals surface area contributed by atoms with Gasteiger partial charge in [0.05, 0.1) is 20.6 Å². The van der Waals surface area contributed by atoms with Gasteiger partial charge in [-0.25, -0.2) is 0 Å². The highest BCUT2D eigenvalue weighted by Gasteiger charge is 2.42. The van der Waals surface area contributed by atoms with Gasteiger partial charge in [0.15, 0.2) is 11.5 Å². The van der Waals surface area contributed by atoms with E-state index in [0.29, 0.717) is 30.0 Å². The minimum absolute atomic E-state index is 0.259. The van der Waals surface area contributed by atoms with Crippen LogP contribution in [0, 0.1) is 0 Å². The summed E-state index contributed by atoms with van der Waals surface area (Å²) in [6.45, 7) is 0. The van der Waals surface area contributed by atoms with Crippen LogP contribution < -0.4 is 9.47 Å². The summed E-state index contributed by atoms with van der Waals surface area (Å²) in [5, 5.41) is 0. The van der Waals surface area contributed by atoms with Crippen molar-refractivity contribution in [3.05, 3.63) is 34.9 Å². The van der Waals surface area contributed by atoms with Gasteiger partial charge in [-0.2, -0.15) is 0 Å². The van der Waals surface area contributed by atoms with Crippen LogP contribution in [0.2, 0.25) is 0 Å². The summed E-state index contributed by atoms with van der Waals surface area (Å²) in [4.78, 5) is 15.1. The van der Waals surface area contributed by atoms with Crippen molar-refractivity contribution >= 4 is 5.91 Å². The average molecular weight is 327 g/mol. The van der Waals surface area contributed by atoms with Crippen molar-refractivity contribution in [1.29, 1.82) is 0 Å². The smallest absolute Gasteiger partial charge is 0.227 e. The topological polar surface area (TPSA) is 38.8 Å². The number of nitrogens with zero attached hydrogens (tertiary/aromatic N) is 1. The van der Waals surface area contributed by atoms with Crippen LogP contribution in [0.5, 0.6) is 11.5 Å². The molecule has 1 saturated carbocycles. The Bertz CT molecular complexity index is 672. The zero-order chi connectivity index (χ0) is 16.7. The number of hydrogen-bond donors (Lipinski definition) is 0. The van der Waals surface area contributed by atoms with Crippen LogP contribution in [-0.2, 0) is 11.2 Å². The van der Waals surface area contributed by atoms with Crippen molar-refractivity contribution in [2.24, 2.45) is 0 Å². The fourth-order valence-corrected chi connectivity index (χ4v) is 4.38. The SMILES string of the molecule is COc1ccc(CC(=O)N2C3CCC2CC(=C2CC2)C3)cc1OC. The maximum absolute atomic E-state index is 12.9. The predicted molar refractivity (Wildman–Crippen MR) is 92.4 cm³/mol. The Kier molecular flexibility index (Phi) is 3.99. The average Bonchev–Trinajstić information content (AvgIpc) is 3.40. The lowest BCUT2D eigenvalue weighted by atomic mass is 9.95. The Hall–Kier alpha value is -1.97. The second-order valence-corrected chi connectivity index (χ2v) is 7.17. The largest absolute Gasteiger partial charge is 0.493 e. The summed E-state index contributed by atoms with van der Waals surface area (Å²) in [5.41, 5.74) is 4.33. The summed E-state index contributed by atoms with van der Waals surface area (Å²) in [7, 11) is 3.25. The lowest BCUT2D eigenvalue weighted by Crippen LogP contribution is -2.45. The number of ether oxygens (including phenoxy) is 2. The van der Waals surface area contributed by atoms with Crippen molar-refractivity contribution in [2.75, 3.05) is 14.2 Å². The molecule has 1 aliphatic carbocycles. The second kappa shape index (κ2) is 6.15. The van der Waals surface area contributed by atoms with Crippen molar-refractivity contribution < 1.29 is 14.3 Å². The Balaban J connectivity index is 1.48. The molecule has 0 radical (unpaired) electrons. The Morgan fingerprint density at radius 1 is 1.04 bits per heavy atom. The molecule has 3 aliphatic rings. The number of benzene rings is 1. The molecule has 2 unspecified atom stereocenters. The fraction of sp³-hybridized carbons (Fsp3) is 0.550. The first-order chi connectivity index (χ1) is 11.7. The molecule has 2 aliphatic heterocycles. The van der Waals surface area contributed by atoms with E-state index in [1.54, 1.807) is 25.4 Å². The van der Waals surface area contributed by atoms with Crippen molar-refractivity contribution in [1.82, 2.24) is 4.90 Å². The zero-order valence-corrected chi connectivity index (χ0v) is 14.5. The van der Waals surface area contributed by atoms with Gasteiger partial charge in [-0.15, -0.1) is 0 Å².